The lowest BCUT2D eigenvalue weighted by atomic mass is 10.2. The van der Waals surface area contributed by atoms with Crippen LogP contribution in [0.4, 0.5) is 0 Å². The molecule has 1 nitrogen and oxygen atoms in total. The Morgan fingerprint density at radius 2 is 2.00 bits per heavy atom. The highest BCUT2D eigenvalue weighted by molar-refractivity contribution is 9.10. The van der Waals surface area contributed by atoms with Gasteiger partial charge in [-0.05, 0) is 31.2 Å². The van der Waals surface area contributed by atoms with E-state index in [0.717, 1.165) is 10.0 Å². The van der Waals surface area contributed by atoms with Crippen LogP contribution in [0, 0.1) is 11.8 Å². The van der Waals surface area contributed by atoms with Crippen LogP contribution in [-0.4, -0.2) is 11.2 Å². The highest BCUT2D eigenvalue weighted by Gasteiger charge is 1.89. The Labute approximate surface area is 86.9 Å². The summed E-state index contributed by atoms with van der Waals surface area (Å²) in [6, 6.07) is 7.79. The molecule has 1 aromatic carbocycles. The lowest BCUT2D eigenvalue weighted by Crippen LogP contribution is -1.95. The predicted molar refractivity (Wildman–Crippen MR) is 57.3 cm³/mol. The SMILES string of the molecule is CC(O)CC#Cc1ccc(Br)cc1. The molecule has 0 aromatic heterocycles. The average Bonchev–Trinajstić information content (AvgIpc) is 2.08. The maximum Gasteiger partial charge on any atom is 0.0621 e. The Morgan fingerprint density at radius 3 is 2.54 bits per heavy atom. The molecule has 1 N–H and O–H groups in total. The summed E-state index contributed by atoms with van der Waals surface area (Å²) in [5.74, 6) is 5.88. The third-order valence-corrected chi connectivity index (χ3v) is 2.00. The van der Waals surface area contributed by atoms with Gasteiger partial charge in [0.05, 0.1) is 6.10 Å². The first-order valence-corrected chi connectivity index (χ1v) is 4.90. The first kappa shape index (κ1) is 10.3. The molecule has 0 amide bonds. The molecule has 13 heavy (non-hydrogen) atoms. The number of halogens is 1. The molecule has 0 saturated heterocycles. The fourth-order valence-corrected chi connectivity index (χ4v) is 1.10. The van der Waals surface area contributed by atoms with Gasteiger partial charge in [-0.1, -0.05) is 27.8 Å². The summed E-state index contributed by atoms with van der Waals surface area (Å²) in [5, 5.41) is 8.96. The van der Waals surface area contributed by atoms with E-state index in [-0.39, 0.29) is 6.10 Å². The van der Waals surface area contributed by atoms with Crippen molar-refractivity contribution >= 4 is 15.9 Å². The smallest absolute Gasteiger partial charge is 0.0621 e. The van der Waals surface area contributed by atoms with Gasteiger partial charge >= 0.3 is 0 Å². The summed E-state index contributed by atoms with van der Waals surface area (Å²) in [6.07, 6.45) is 0.179. The predicted octanol–water partition coefficient (Wildman–Crippen LogP) is 2.57. The molecule has 0 heterocycles. The highest BCUT2D eigenvalue weighted by Crippen LogP contribution is 2.09. The second kappa shape index (κ2) is 5.06. The van der Waals surface area contributed by atoms with Crippen LogP contribution in [0.1, 0.15) is 18.9 Å². The van der Waals surface area contributed by atoms with E-state index in [2.05, 4.69) is 27.8 Å². The molecule has 0 aliphatic carbocycles. The molecular formula is C11H11BrO. The van der Waals surface area contributed by atoms with E-state index < -0.39 is 0 Å². The van der Waals surface area contributed by atoms with Crippen molar-refractivity contribution in [2.75, 3.05) is 0 Å². The Kier molecular flexibility index (Phi) is 4.01. The van der Waals surface area contributed by atoms with Crippen molar-refractivity contribution in [1.82, 2.24) is 0 Å². The quantitative estimate of drug-likeness (QED) is 0.747. The molecule has 0 bridgehead atoms. The topological polar surface area (TPSA) is 20.2 Å². The number of rotatable bonds is 1. The van der Waals surface area contributed by atoms with Crippen molar-refractivity contribution in [2.24, 2.45) is 0 Å². The minimum Gasteiger partial charge on any atom is -0.392 e. The minimum absolute atomic E-state index is 0.344. The van der Waals surface area contributed by atoms with E-state index in [1.54, 1.807) is 6.92 Å². The van der Waals surface area contributed by atoms with Crippen molar-refractivity contribution in [1.29, 1.82) is 0 Å². The molecule has 0 aliphatic heterocycles. The van der Waals surface area contributed by atoms with E-state index in [1.807, 2.05) is 24.3 Å². The largest absolute Gasteiger partial charge is 0.392 e. The molecular weight excluding hydrogens is 228 g/mol. The maximum absolute atomic E-state index is 8.96. The lowest BCUT2D eigenvalue weighted by molar-refractivity contribution is 0.201. The molecule has 1 unspecified atom stereocenters. The van der Waals surface area contributed by atoms with E-state index in [9.17, 15) is 0 Å². The summed E-state index contributed by atoms with van der Waals surface area (Å²) in [7, 11) is 0. The summed E-state index contributed by atoms with van der Waals surface area (Å²) in [4.78, 5) is 0. The Morgan fingerprint density at radius 1 is 1.38 bits per heavy atom. The molecule has 0 saturated carbocycles. The molecule has 0 fully saturated rings. The normalized spacial score (nSPS) is 11.6. The van der Waals surface area contributed by atoms with Gasteiger partial charge < -0.3 is 5.11 Å². The Hall–Kier alpha value is -0.780. The van der Waals surface area contributed by atoms with E-state index >= 15 is 0 Å². The zero-order valence-corrected chi connectivity index (χ0v) is 9.01. The monoisotopic (exact) mass is 238 g/mol. The third-order valence-electron chi connectivity index (χ3n) is 1.47. The molecule has 0 radical (unpaired) electrons. The summed E-state index contributed by atoms with van der Waals surface area (Å²) in [5.41, 5.74) is 0.976. The number of hydrogen-bond donors (Lipinski definition) is 1. The molecule has 1 atom stereocenters. The van der Waals surface area contributed by atoms with Crippen molar-refractivity contribution in [2.45, 2.75) is 19.4 Å². The van der Waals surface area contributed by atoms with Gasteiger partial charge in [-0.15, -0.1) is 0 Å². The van der Waals surface area contributed by atoms with Gasteiger partial charge in [0.15, 0.2) is 0 Å². The van der Waals surface area contributed by atoms with Crippen LogP contribution < -0.4 is 0 Å². The van der Waals surface area contributed by atoms with Gasteiger partial charge in [0.25, 0.3) is 0 Å². The summed E-state index contributed by atoms with van der Waals surface area (Å²) in [6.45, 7) is 1.73. The molecule has 1 rings (SSSR count). The van der Waals surface area contributed by atoms with Crippen LogP contribution >= 0.6 is 15.9 Å². The standard InChI is InChI=1S/C11H11BrO/c1-9(13)3-2-4-10-5-7-11(12)8-6-10/h5-9,13H,3H2,1H3. The molecule has 2 heteroatoms. The van der Waals surface area contributed by atoms with Gasteiger partial charge in [0.1, 0.15) is 0 Å². The third kappa shape index (κ3) is 4.12. The molecule has 0 spiro atoms. The lowest BCUT2D eigenvalue weighted by Gasteiger charge is -1.93. The first-order chi connectivity index (χ1) is 6.18. The molecule has 1 aromatic rings. The minimum atomic E-state index is -0.344. The zero-order chi connectivity index (χ0) is 9.68. The average molecular weight is 239 g/mol. The van der Waals surface area contributed by atoms with E-state index in [0.29, 0.717) is 6.42 Å². The van der Waals surface area contributed by atoms with Crippen LogP contribution in [0.25, 0.3) is 0 Å². The van der Waals surface area contributed by atoms with Crippen LogP contribution in [0.2, 0.25) is 0 Å². The second-order valence-electron chi connectivity index (χ2n) is 2.86. The van der Waals surface area contributed by atoms with Crippen molar-refractivity contribution in [3.8, 4) is 11.8 Å². The van der Waals surface area contributed by atoms with Crippen LogP contribution in [0.5, 0.6) is 0 Å². The van der Waals surface area contributed by atoms with E-state index in [1.165, 1.54) is 0 Å². The Bertz CT molecular complexity index is 316. The van der Waals surface area contributed by atoms with Crippen LogP contribution in [0.3, 0.4) is 0 Å². The van der Waals surface area contributed by atoms with Crippen molar-refractivity contribution in [3.05, 3.63) is 34.3 Å². The number of aliphatic hydroxyl groups excluding tert-OH is 1. The van der Waals surface area contributed by atoms with Gasteiger partial charge in [-0.3, -0.25) is 0 Å². The second-order valence-corrected chi connectivity index (χ2v) is 3.78. The summed E-state index contributed by atoms with van der Waals surface area (Å²) >= 11 is 3.35. The molecule has 68 valence electrons. The van der Waals surface area contributed by atoms with Crippen LogP contribution in [0.15, 0.2) is 28.7 Å². The Balaban J connectivity index is 2.62. The van der Waals surface area contributed by atoms with Gasteiger partial charge in [-0.25, -0.2) is 0 Å². The number of aliphatic hydroxyl groups is 1. The fraction of sp³-hybridized carbons (Fsp3) is 0.273. The van der Waals surface area contributed by atoms with Gasteiger partial charge in [0, 0.05) is 16.5 Å². The van der Waals surface area contributed by atoms with Gasteiger partial charge in [0.2, 0.25) is 0 Å². The van der Waals surface area contributed by atoms with Crippen LogP contribution in [-0.2, 0) is 0 Å². The van der Waals surface area contributed by atoms with Gasteiger partial charge in [-0.2, -0.15) is 0 Å². The van der Waals surface area contributed by atoms with Crippen molar-refractivity contribution in [3.63, 3.8) is 0 Å². The molecule has 0 aliphatic rings. The summed E-state index contributed by atoms with van der Waals surface area (Å²) < 4.78 is 1.05. The fourth-order valence-electron chi connectivity index (χ4n) is 0.834. The number of hydrogen-bond acceptors (Lipinski definition) is 1. The highest BCUT2D eigenvalue weighted by atomic mass is 79.9. The first-order valence-electron chi connectivity index (χ1n) is 4.11. The maximum atomic E-state index is 8.96. The number of benzene rings is 1. The van der Waals surface area contributed by atoms with Crippen molar-refractivity contribution < 1.29 is 5.11 Å². The van der Waals surface area contributed by atoms with E-state index in [4.69, 9.17) is 5.11 Å². The zero-order valence-electron chi connectivity index (χ0n) is 7.42.